The molecule has 2 rings (SSSR count). The average molecular weight is 506 g/mol. The molecule has 1 aliphatic heterocycles. The van der Waals surface area contributed by atoms with Crippen molar-refractivity contribution < 1.29 is 5.11 Å². The lowest BCUT2D eigenvalue weighted by Gasteiger charge is -2.29. The van der Waals surface area contributed by atoms with Crippen LogP contribution in [-0.4, -0.2) is 76.5 Å². The lowest BCUT2D eigenvalue weighted by molar-refractivity contribution is 0.0824. The molecule has 1 fully saturated rings. The van der Waals surface area contributed by atoms with Crippen molar-refractivity contribution in [3.05, 3.63) is 17.5 Å². The maximum absolute atomic E-state index is 9.60. The second-order valence-corrected chi connectivity index (χ2v) is 7.89. The summed E-state index contributed by atoms with van der Waals surface area (Å²) in [6.45, 7) is 12.0. The van der Waals surface area contributed by atoms with Crippen LogP contribution in [0.5, 0.6) is 0 Å². The van der Waals surface area contributed by atoms with E-state index < -0.39 is 0 Å². The number of aliphatic hydroxyl groups excluding tert-OH is 1. The Labute approximate surface area is 187 Å². The Hall–Kier alpha value is -0.870. The van der Waals surface area contributed by atoms with Crippen LogP contribution in [0.25, 0.3) is 0 Å². The van der Waals surface area contributed by atoms with E-state index >= 15 is 0 Å². The number of nitrogens with zero attached hydrogens (tertiary/aromatic N) is 5. The number of guanidine groups is 1. The molecule has 0 amide bonds. The second-order valence-electron chi connectivity index (χ2n) is 7.89. The second kappa shape index (κ2) is 12.6. The van der Waals surface area contributed by atoms with Gasteiger partial charge in [0.25, 0.3) is 0 Å². The molecule has 0 aromatic carbocycles. The zero-order valence-corrected chi connectivity index (χ0v) is 20.5. The fourth-order valence-electron chi connectivity index (χ4n) is 3.59. The van der Waals surface area contributed by atoms with E-state index in [4.69, 9.17) is 4.99 Å². The third kappa shape index (κ3) is 7.87. The molecule has 0 bridgehead atoms. The van der Waals surface area contributed by atoms with Gasteiger partial charge in [0.1, 0.15) is 0 Å². The van der Waals surface area contributed by atoms with Gasteiger partial charge < -0.3 is 20.2 Å². The molecule has 7 nitrogen and oxygen atoms in total. The molecular formula is C20H39IN6O. The number of nitrogens with one attached hydrogen (secondary N) is 1. The molecule has 1 saturated heterocycles. The quantitative estimate of drug-likeness (QED) is 0.245. The monoisotopic (exact) mass is 506 g/mol. The number of hydrogen-bond donors (Lipinski definition) is 2. The van der Waals surface area contributed by atoms with Crippen molar-refractivity contribution in [1.82, 2.24) is 24.9 Å². The molecule has 8 heteroatoms. The number of hydrogen-bond acceptors (Lipinski definition) is 4. The van der Waals surface area contributed by atoms with E-state index in [1.807, 2.05) is 11.7 Å². The Morgan fingerprint density at radius 1 is 1.39 bits per heavy atom. The fourth-order valence-corrected chi connectivity index (χ4v) is 3.59. The highest BCUT2D eigenvalue weighted by Crippen LogP contribution is 2.18. The van der Waals surface area contributed by atoms with E-state index in [9.17, 15) is 5.11 Å². The maximum Gasteiger partial charge on any atom is 0.193 e. The highest BCUT2D eigenvalue weighted by atomic mass is 127. The van der Waals surface area contributed by atoms with Gasteiger partial charge in [-0.3, -0.25) is 9.67 Å². The molecule has 0 spiro atoms. The van der Waals surface area contributed by atoms with Gasteiger partial charge in [-0.05, 0) is 38.6 Å². The van der Waals surface area contributed by atoms with Crippen LogP contribution < -0.4 is 5.32 Å². The minimum Gasteiger partial charge on any atom is -0.393 e. The van der Waals surface area contributed by atoms with Crippen LogP contribution in [0.15, 0.2) is 11.2 Å². The molecule has 0 saturated carbocycles. The predicted molar refractivity (Wildman–Crippen MR) is 126 cm³/mol. The van der Waals surface area contributed by atoms with Crippen LogP contribution in [0.2, 0.25) is 0 Å². The first-order valence-corrected chi connectivity index (χ1v) is 10.3. The van der Waals surface area contributed by atoms with Crippen LogP contribution in [0.3, 0.4) is 0 Å². The number of aliphatic hydroxyl groups is 1. The minimum atomic E-state index is -0.100. The maximum atomic E-state index is 9.60. The molecule has 28 heavy (non-hydrogen) atoms. The van der Waals surface area contributed by atoms with Crippen LogP contribution >= 0.6 is 24.0 Å². The van der Waals surface area contributed by atoms with Crippen molar-refractivity contribution in [2.45, 2.75) is 58.6 Å². The summed E-state index contributed by atoms with van der Waals surface area (Å²) in [5.41, 5.74) is 2.42. The van der Waals surface area contributed by atoms with Crippen LogP contribution in [0, 0.1) is 0 Å². The topological polar surface area (TPSA) is 68.9 Å². The number of aliphatic imine (C=N–C) groups is 1. The SMILES string of the molecule is CCNC(=NCCCN1CCC(O)CC1)N(C)Cc1cn(C)nc1C(C)C.I. The van der Waals surface area contributed by atoms with E-state index in [1.54, 1.807) is 0 Å². The molecule has 0 radical (unpaired) electrons. The normalized spacial score (nSPS) is 16.3. The third-order valence-electron chi connectivity index (χ3n) is 5.04. The van der Waals surface area contributed by atoms with E-state index in [0.717, 1.165) is 70.2 Å². The Kier molecular flexibility index (Phi) is 11.4. The van der Waals surface area contributed by atoms with Crippen molar-refractivity contribution >= 4 is 29.9 Å². The Morgan fingerprint density at radius 2 is 2.07 bits per heavy atom. The van der Waals surface area contributed by atoms with Gasteiger partial charge in [0.2, 0.25) is 0 Å². The van der Waals surface area contributed by atoms with Gasteiger partial charge in [-0.1, -0.05) is 13.8 Å². The largest absolute Gasteiger partial charge is 0.393 e. The number of halogens is 1. The summed E-state index contributed by atoms with van der Waals surface area (Å²) >= 11 is 0. The molecule has 2 N–H and O–H groups in total. The van der Waals surface area contributed by atoms with Gasteiger partial charge in [-0.2, -0.15) is 5.10 Å². The average Bonchev–Trinajstić information content (AvgIpc) is 2.99. The highest BCUT2D eigenvalue weighted by molar-refractivity contribution is 14.0. The number of likely N-dealkylation sites (tertiary alicyclic amines) is 1. The molecule has 0 atom stereocenters. The zero-order valence-electron chi connectivity index (χ0n) is 18.2. The Morgan fingerprint density at radius 3 is 2.68 bits per heavy atom. The van der Waals surface area contributed by atoms with Crippen molar-refractivity contribution in [3.8, 4) is 0 Å². The predicted octanol–water partition coefficient (Wildman–Crippen LogP) is 2.41. The van der Waals surface area contributed by atoms with Crippen LogP contribution in [0.1, 0.15) is 57.2 Å². The first-order valence-electron chi connectivity index (χ1n) is 10.3. The number of rotatable bonds is 8. The minimum absolute atomic E-state index is 0. The lowest BCUT2D eigenvalue weighted by atomic mass is 10.1. The van der Waals surface area contributed by atoms with Gasteiger partial charge in [-0.15, -0.1) is 24.0 Å². The Bertz CT molecular complexity index is 596. The summed E-state index contributed by atoms with van der Waals surface area (Å²) in [4.78, 5) is 9.44. The van der Waals surface area contributed by atoms with E-state index in [-0.39, 0.29) is 30.1 Å². The molecular weight excluding hydrogens is 467 g/mol. The van der Waals surface area contributed by atoms with Gasteiger partial charge in [0, 0.05) is 58.6 Å². The number of aryl methyl sites for hydroxylation is 1. The third-order valence-corrected chi connectivity index (χ3v) is 5.04. The summed E-state index contributed by atoms with van der Waals surface area (Å²) in [5.74, 6) is 1.36. The van der Waals surface area contributed by atoms with Gasteiger partial charge in [0.05, 0.1) is 11.8 Å². The Balaban J connectivity index is 0.00000392. The summed E-state index contributed by atoms with van der Waals surface area (Å²) in [5, 5.41) is 17.6. The summed E-state index contributed by atoms with van der Waals surface area (Å²) in [6.07, 6.45) is 4.86. The van der Waals surface area contributed by atoms with Crippen molar-refractivity contribution in [3.63, 3.8) is 0 Å². The van der Waals surface area contributed by atoms with E-state index in [1.165, 1.54) is 5.56 Å². The van der Waals surface area contributed by atoms with Crippen molar-refractivity contribution in [2.75, 3.05) is 39.8 Å². The number of aromatic nitrogens is 2. The van der Waals surface area contributed by atoms with E-state index in [0.29, 0.717) is 5.92 Å². The molecule has 2 heterocycles. The molecule has 162 valence electrons. The first kappa shape index (κ1) is 25.2. The summed E-state index contributed by atoms with van der Waals surface area (Å²) in [6, 6.07) is 0. The zero-order chi connectivity index (χ0) is 19.8. The molecule has 0 unspecified atom stereocenters. The molecule has 1 aromatic rings. The van der Waals surface area contributed by atoms with Gasteiger partial charge in [-0.25, -0.2) is 0 Å². The summed E-state index contributed by atoms with van der Waals surface area (Å²) in [7, 11) is 4.07. The number of piperidine rings is 1. The highest BCUT2D eigenvalue weighted by Gasteiger charge is 2.17. The standard InChI is InChI=1S/C20H38N6O.HI/c1-6-21-20(22-10-7-11-26-12-8-18(27)9-13-26)24(4)14-17-15-25(5)23-19(17)16(2)3;/h15-16,18,27H,6-14H2,1-5H3,(H,21,22);1H. The molecule has 1 aliphatic rings. The van der Waals surface area contributed by atoms with Crippen LogP contribution in [0.4, 0.5) is 0 Å². The lowest BCUT2D eigenvalue weighted by Crippen LogP contribution is -2.39. The van der Waals surface area contributed by atoms with Gasteiger partial charge in [0.15, 0.2) is 5.96 Å². The molecule has 0 aliphatic carbocycles. The fraction of sp³-hybridized carbons (Fsp3) is 0.800. The van der Waals surface area contributed by atoms with Crippen molar-refractivity contribution in [2.24, 2.45) is 12.0 Å². The van der Waals surface area contributed by atoms with Gasteiger partial charge >= 0.3 is 0 Å². The van der Waals surface area contributed by atoms with E-state index in [2.05, 4.69) is 54.2 Å². The summed E-state index contributed by atoms with van der Waals surface area (Å²) < 4.78 is 1.90. The smallest absolute Gasteiger partial charge is 0.193 e. The van der Waals surface area contributed by atoms with Crippen LogP contribution in [-0.2, 0) is 13.6 Å². The molecule has 1 aromatic heterocycles. The first-order chi connectivity index (χ1) is 12.9. The van der Waals surface area contributed by atoms with Crippen molar-refractivity contribution in [1.29, 1.82) is 0 Å².